The first-order valence-electron chi connectivity index (χ1n) is 4.81. The fourth-order valence-electron chi connectivity index (χ4n) is 1.43. The predicted molar refractivity (Wildman–Crippen MR) is 64.1 cm³/mol. The van der Waals surface area contributed by atoms with Crippen molar-refractivity contribution in [3.05, 3.63) is 47.8 Å². The highest BCUT2D eigenvalue weighted by Gasteiger charge is 2.01. The standard InChI is InChI=1S/C11H11F2N3.ClH/c1-16-7-11(6-15-16)14-5-8-2-9(12)4-10(13)3-8;/h2-4,6-7,14H,5H2,1H3;1H. The molecular weight excluding hydrogens is 248 g/mol. The summed E-state index contributed by atoms with van der Waals surface area (Å²) in [5, 5.41) is 6.99. The number of nitrogens with zero attached hydrogens (tertiary/aromatic N) is 2. The topological polar surface area (TPSA) is 29.9 Å². The van der Waals surface area contributed by atoms with E-state index in [1.807, 2.05) is 0 Å². The number of aromatic nitrogens is 2. The molecule has 1 aromatic heterocycles. The molecule has 1 N–H and O–H groups in total. The van der Waals surface area contributed by atoms with Crippen LogP contribution in [0.2, 0.25) is 0 Å². The van der Waals surface area contributed by atoms with Crippen LogP contribution in [0, 0.1) is 11.6 Å². The number of nitrogens with one attached hydrogen (secondary N) is 1. The van der Waals surface area contributed by atoms with Gasteiger partial charge in [-0.15, -0.1) is 12.4 Å². The van der Waals surface area contributed by atoms with E-state index >= 15 is 0 Å². The zero-order valence-electron chi connectivity index (χ0n) is 9.15. The average molecular weight is 260 g/mol. The lowest BCUT2D eigenvalue weighted by Crippen LogP contribution is -1.99. The summed E-state index contributed by atoms with van der Waals surface area (Å²) < 4.78 is 27.4. The third kappa shape index (κ3) is 3.71. The van der Waals surface area contributed by atoms with Gasteiger partial charge in [0, 0.05) is 25.9 Å². The van der Waals surface area contributed by atoms with E-state index in [4.69, 9.17) is 0 Å². The molecule has 0 amide bonds. The van der Waals surface area contributed by atoms with Gasteiger partial charge in [-0.05, 0) is 17.7 Å². The number of hydrogen-bond acceptors (Lipinski definition) is 2. The Bertz CT molecular complexity index is 479. The Balaban J connectivity index is 0.00000144. The van der Waals surface area contributed by atoms with E-state index in [0.29, 0.717) is 12.1 Å². The summed E-state index contributed by atoms with van der Waals surface area (Å²) in [7, 11) is 1.80. The molecule has 1 aromatic carbocycles. The second-order valence-electron chi connectivity index (χ2n) is 3.53. The zero-order valence-corrected chi connectivity index (χ0v) is 9.97. The van der Waals surface area contributed by atoms with Crippen molar-refractivity contribution in [3.63, 3.8) is 0 Å². The summed E-state index contributed by atoms with van der Waals surface area (Å²) >= 11 is 0. The number of anilines is 1. The number of halogens is 3. The molecule has 2 rings (SSSR count). The molecular formula is C11H12ClF2N3. The van der Waals surface area contributed by atoms with Crippen LogP contribution in [0.4, 0.5) is 14.5 Å². The smallest absolute Gasteiger partial charge is 0.126 e. The van der Waals surface area contributed by atoms with Gasteiger partial charge in [-0.3, -0.25) is 4.68 Å². The van der Waals surface area contributed by atoms with Crippen LogP contribution < -0.4 is 5.32 Å². The second kappa shape index (κ2) is 5.63. The highest BCUT2D eigenvalue weighted by atomic mass is 35.5. The van der Waals surface area contributed by atoms with Gasteiger partial charge in [0.15, 0.2) is 0 Å². The van der Waals surface area contributed by atoms with Gasteiger partial charge >= 0.3 is 0 Å². The monoisotopic (exact) mass is 259 g/mol. The maximum Gasteiger partial charge on any atom is 0.126 e. The zero-order chi connectivity index (χ0) is 11.5. The van der Waals surface area contributed by atoms with Gasteiger partial charge in [0.2, 0.25) is 0 Å². The summed E-state index contributed by atoms with van der Waals surface area (Å²) in [6, 6.07) is 3.45. The van der Waals surface area contributed by atoms with E-state index in [1.54, 1.807) is 24.1 Å². The number of benzene rings is 1. The average Bonchev–Trinajstić information content (AvgIpc) is 2.60. The number of aryl methyl sites for hydroxylation is 1. The van der Waals surface area contributed by atoms with E-state index in [0.717, 1.165) is 11.8 Å². The normalized spacial score (nSPS) is 9.82. The molecule has 0 spiro atoms. The van der Waals surface area contributed by atoms with Gasteiger partial charge < -0.3 is 5.32 Å². The van der Waals surface area contributed by atoms with Crippen molar-refractivity contribution in [2.45, 2.75) is 6.54 Å². The molecule has 2 aromatic rings. The molecule has 0 saturated heterocycles. The summed E-state index contributed by atoms with van der Waals surface area (Å²) in [6.45, 7) is 0.361. The molecule has 92 valence electrons. The molecule has 0 radical (unpaired) electrons. The molecule has 3 nitrogen and oxygen atoms in total. The summed E-state index contributed by atoms with van der Waals surface area (Å²) in [6.07, 6.45) is 3.44. The first-order valence-corrected chi connectivity index (χ1v) is 4.81. The van der Waals surface area contributed by atoms with Crippen molar-refractivity contribution in [2.24, 2.45) is 7.05 Å². The molecule has 0 aliphatic carbocycles. The summed E-state index contributed by atoms with van der Waals surface area (Å²) in [4.78, 5) is 0. The van der Waals surface area contributed by atoms with Crippen molar-refractivity contribution in [3.8, 4) is 0 Å². The molecule has 6 heteroatoms. The second-order valence-corrected chi connectivity index (χ2v) is 3.53. The first kappa shape index (κ1) is 13.4. The van der Waals surface area contributed by atoms with E-state index in [-0.39, 0.29) is 12.4 Å². The van der Waals surface area contributed by atoms with Crippen LogP contribution >= 0.6 is 12.4 Å². The number of hydrogen-bond donors (Lipinski definition) is 1. The Hall–Kier alpha value is -1.62. The highest BCUT2D eigenvalue weighted by Crippen LogP contribution is 2.11. The third-order valence-corrected chi connectivity index (χ3v) is 2.12. The molecule has 0 saturated carbocycles. The summed E-state index contributed by atoms with van der Waals surface area (Å²) in [5.74, 6) is -1.13. The largest absolute Gasteiger partial charge is 0.378 e. The lowest BCUT2D eigenvalue weighted by molar-refractivity contribution is 0.580. The van der Waals surface area contributed by atoms with Crippen molar-refractivity contribution in [1.82, 2.24) is 9.78 Å². The van der Waals surface area contributed by atoms with E-state index < -0.39 is 11.6 Å². The summed E-state index contributed by atoms with van der Waals surface area (Å²) in [5.41, 5.74) is 1.37. The lowest BCUT2D eigenvalue weighted by atomic mass is 10.2. The molecule has 0 bridgehead atoms. The maximum absolute atomic E-state index is 12.9. The van der Waals surface area contributed by atoms with Crippen molar-refractivity contribution >= 4 is 18.1 Å². The van der Waals surface area contributed by atoms with Crippen molar-refractivity contribution in [1.29, 1.82) is 0 Å². The minimum Gasteiger partial charge on any atom is -0.378 e. The van der Waals surface area contributed by atoms with Gasteiger partial charge in [0.1, 0.15) is 11.6 Å². The van der Waals surface area contributed by atoms with Crippen LogP contribution in [0.1, 0.15) is 5.56 Å². The van der Waals surface area contributed by atoms with Gasteiger partial charge in [-0.1, -0.05) is 0 Å². The molecule has 17 heavy (non-hydrogen) atoms. The predicted octanol–water partition coefficient (Wildman–Crippen LogP) is 2.73. The minimum absolute atomic E-state index is 0. The maximum atomic E-state index is 12.9. The van der Waals surface area contributed by atoms with Crippen LogP contribution in [0.5, 0.6) is 0 Å². The Morgan fingerprint density at radius 1 is 1.24 bits per heavy atom. The van der Waals surface area contributed by atoms with Gasteiger partial charge in [-0.25, -0.2) is 8.78 Å². The van der Waals surface area contributed by atoms with Crippen LogP contribution in [0.15, 0.2) is 30.6 Å². The van der Waals surface area contributed by atoms with E-state index in [1.165, 1.54) is 12.1 Å². The molecule has 0 unspecified atom stereocenters. The molecule has 0 atom stereocenters. The third-order valence-electron chi connectivity index (χ3n) is 2.12. The molecule has 1 heterocycles. The number of rotatable bonds is 3. The van der Waals surface area contributed by atoms with E-state index in [9.17, 15) is 8.78 Å². The van der Waals surface area contributed by atoms with Crippen molar-refractivity contribution in [2.75, 3.05) is 5.32 Å². The van der Waals surface area contributed by atoms with Crippen molar-refractivity contribution < 1.29 is 8.78 Å². The molecule has 0 aliphatic heterocycles. The Labute approximate surface area is 104 Å². The van der Waals surface area contributed by atoms with Crippen LogP contribution in [0.25, 0.3) is 0 Å². The Kier molecular flexibility index (Phi) is 4.45. The van der Waals surface area contributed by atoms with Gasteiger partial charge in [0.05, 0.1) is 11.9 Å². The van der Waals surface area contributed by atoms with E-state index in [2.05, 4.69) is 10.4 Å². The quantitative estimate of drug-likeness (QED) is 0.919. The van der Waals surface area contributed by atoms with Crippen LogP contribution in [-0.2, 0) is 13.6 Å². The highest BCUT2D eigenvalue weighted by molar-refractivity contribution is 5.85. The molecule has 0 aliphatic rings. The van der Waals surface area contributed by atoms with Gasteiger partial charge in [-0.2, -0.15) is 5.10 Å². The van der Waals surface area contributed by atoms with Crippen LogP contribution in [0.3, 0.4) is 0 Å². The first-order chi connectivity index (χ1) is 7.63. The Morgan fingerprint density at radius 3 is 2.41 bits per heavy atom. The fourth-order valence-corrected chi connectivity index (χ4v) is 1.43. The van der Waals surface area contributed by atoms with Crippen LogP contribution in [-0.4, -0.2) is 9.78 Å². The fraction of sp³-hybridized carbons (Fsp3) is 0.182. The lowest BCUT2D eigenvalue weighted by Gasteiger charge is -2.03. The Morgan fingerprint density at radius 2 is 1.88 bits per heavy atom. The van der Waals surface area contributed by atoms with Gasteiger partial charge in [0.25, 0.3) is 0 Å². The molecule has 0 fully saturated rings. The SMILES string of the molecule is Cl.Cn1cc(NCc2cc(F)cc(F)c2)cn1. The minimum atomic E-state index is -0.567.